The Kier molecular flexibility index (Phi) is 5.99. The van der Waals surface area contributed by atoms with E-state index in [9.17, 15) is 14.7 Å². The molecule has 3 aromatic rings. The first kappa shape index (κ1) is 21.0. The van der Waals surface area contributed by atoms with Crippen LogP contribution in [0.2, 0.25) is 0 Å². The van der Waals surface area contributed by atoms with Gasteiger partial charge in [0, 0.05) is 31.8 Å². The molecule has 0 radical (unpaired) electrons. The number of carbonyl (C=O) groups excluding carboxylic acids is 1. The van der Waals surface area contributed by atoms with Crippen LogP contribution in [0.4, 0.5) is 0 Å². The Bertz CT molecular complexity index is 1070. The molecular weight excluding hydrogens is 394 g/mol. The molecule has 1 saturated heterocycles. The number of nitrogens with zero attached hydrogens (tertiary/aromatic N) is 4. The fourth-order valence-corrected chi connectivity index (χ4v) is 4.03. The Morgan fingerprint density at radius 3 is 2.61 bits per heavy atom. The third-order valence-corrected chi connectivity index (χ3v) is 6.02. The van der Waals surface area contributed by atoms with Crippen LogP contribution in [0, 0.1) is 0 Å². The van der Waals surface area contributed by atoms with Crippen molar-refractivity contribution in [2.45, 2.75) is 44.2 Å². The molecular formula is C23H27N5O3. The first-order valence-electron chi connectivity index (χ1n) is 10.5. The normalized spacial score (nSPS) is 16.8. The highest BCUT2D eigenvalue weighted by Crippen LogP contribution is 2.26. The topological polar surface area (TPSA) is 104 Å². The number of amides is 1. The summed E-state index contributed by atoms with van der Waals surface area (Å²) in [6, 6.07) is 13.2. The molecule has 0 bridgehead atoms. The summed E-state index contributed by atoms with van der Waals surface area (Å²) in [5.74, 6) is 0.244. The van der Waals surface area contributed by atoms with Crippen LogP contribution in [-0.2, 0) is 11.3 Å². The molecule has 1 aliphatic rings. The molecule has 8 heteroatoms. The van der Waals surface area contributed by atoms with Gasteiger partial charge in [0.1, 0.15) is 0 Å². The van der Waals surface area contributed by atoms with Crippen molar-refractivity contribution in [1.82, 2.24) is 24.6 Å². The van der Waals surface area contributed by atoms with E-state index in [0.29, 0.717) is 43.7 Å². The highest BCUT2D eigenvalue weighted by Gasteiger charge is 2.34. The number of piperidine rings is 1. The molecule has 1 amide bonds. The van der Waals surface area contributed by atoms with Gasteiger partial charge in [0.15, 0.2) is 0 Å². The lowest BCUT2D eigenvalue weighted by Crippen LogP contribution is -2.49. The predicted octanol–water partition coefficient (Wildman–Crippen LogP) is 2.18. The van der Waals surface area contributed by atoms with E-state index in [1.54, 1.807) is 12.3 Å². The second-order valence-corrected chi connectivity index (χ2v) is 8.33. The van der Waals surface area contributed by atoms with E-state index in [1.807, 2.05) is 35.2 Å². The molecule has 31 heavy (non-hydrogen) atoms. The minimum Gasteiger partial charge on any atom is -0.388 e. The average molecular weight is 422 g/mol. The minimum absolute atomic E-state index is 0.0983. The highest BCUT2D eigenvalue weighted by molar-refractivity contribution is 5.77. The number of likely N-dealkylation sites (tertiary alicyclic amines) is 1. The van der Waals surface area contributed by atoms with Crippen LogP contribution in [0.5, 0.6) is 0 Å². The van der Waals surface area contributed by atoms with Gasteiger partial charge < -0.3 is 10.0 Å². The molecule has 0 spiro atoms. The van der Waals surface area contributed by atoms with Gasteiger partial charge in [-0.05, 0) is 30.4 Å². The maximum atomic E-state index is 12.7. The van der Waals surface area contributed by atoms with Gasteiger partial charge in [-0.3, -0.25) is 19.3 Å². The molecule has 2 aromatic heterocycles. The number of H-pyrrole nitrogens is 1. The third kappa shape index (κ3) is 4.91. The van der Waals surface area contributed by atoms with Crippen LogP contribution in [0.3, 0.4) is 0 Å². The fraction of sp³-hybridized carbons (Fsp3) is 0.391. The van der Waals surface area contributed by atoms with E-state index in [-0.39, 0.29) is 23.9 Å². The summed E-state index contributed by atoms with van der Waals surface area (Å²) < 4.78 is 1.43. The molecule has 0 unspecified atom stereocenters. The summed E-state index contributed by atoms with van der Waals surface area (Å²) >= 11 is 0. The maximum absolute atomic E-state index is 12.7. The lowest BCUT2D eigenvalue weighted by Gasteiger charge is -2.38. The van der Waals surface area contributed by atoms with Crippen LogP contribution >= 0.6 is 0 Å². The van der Waals surface area contributed by atoms with Crippen molar-refractivity contribution in [3.8, 4) is 11.4 Å². The molecule has 162 valence electrons. The number of carbonyl (C=O) groups is 1. The number of benzene rings is 1. The molecule has 8 nitrogen and oxygen atoms in total. The van der Waals surface area contributed by atoms with Crippen molar-refractivity contribution in [1.29, 1.82) is 0 Å². The second kappa shape index (κ2) is 8.85. The van der Waals surface area contributed by atoms with Crippen LogP contribution in [0.15, 0.2) is 59.8 Å². The summed E-state index contributed by atoms with van der Waals surface area (Å²) in [6.45, 7) is 3.17. The van der Waals surface area contributed by atoms with E-state index in [2.05, 4.69) is 22.1 Å². The molecule has 0 aliphatic carbocycles. The smallest absolute Gasteiger partial charge is 0.254 e. The largest absolute Gasteiger partial charge is 0.388 e. The van der Waals surface area contributed by atoms with E-state index in [0.717, 1.165) is 5.56 Å². The molecule has 1 fully saturated rings. The van der Waals surface area contributed by atoms with Crippen molar-refractivity contribution in [2.24, 2.45) is 0 Å². The molecule has 1 aromatic carbocycles. The number of aromatic amines is 1. The van der Waals surface area contributed by atoms with E-state index >= 15 is 0 Å². The third-order valence-electron chi connectivity index (χ3n) is 6.02. The quantitative estimate of drug-likeness (QED) is 0.635. The molecule has 0 saturated carbocycles. The van der Waals surface area contributed by atoms with Gasteiger partial charge in [-0.2, -0.15) is 5.10 Å². The lowest BCUT2D eigenvalue weighted by atomic mass is 9.90. The summed E-state index contributed by atoms with van der Waals surface area (Å²) in [4.78, 5) is 31.3. The SMILES string of the molecule is C[C@H](CC(=O)N1CCC(O)(Cn2cnc(-c3ccn[nH]3)cc2=O)CC1)c1ccccc1. The Labute approximate surface area is 180 Å². The zero-order valence-corrected chi connectivity index (χ0v) is 17.6. The molecule has 3 heterocycles. The van der Waals surface area contributed by atoms with Gasteiger partial charge in [0.25, 0.3) is 5.56 Å². The number of nitrogens with one attached hydrogen (secondary N) is 1. The molecule has 4 rings (SSSR count). The standard InChI is InChI=1S/C23H27N5O3/c1-17(18-5-3-2-4-6-18)13-21(29)27-11-8-23(31,9-12-27)15-28-16-24-20(14-22(28)30)19-7-10-25-26-19/h2-7,10,14,16-17,31H,8-9,11-13,15H2,1H3,(H,25,26)/t17-/m1/s1. The number of hydrogen-bond acceptors (Lipinski definition) is 5. The summed E-state index contributed by atoms with van der Waals surface area (Å²) in [7, 11) is 0. The average Bonchev–Trinajstić information content (AvgIpc) is 3.31. The van der Waals surface area contributed by atoms with Crippen molar-refractivity contribution in [3.63, 3.8) is 0 Å². The predicted molar refractivity (Wildman–Crippen MR) is 116 cm³/mol. The van der Waals surface area contributed by atoms with Crippen molar-refractivity contribution in [3.05, 3.63) is 70.9 Å². The van der Waals surface area contributed by atoms with Crippen molar-refractivity contribution >= 4 is 5.91 Å². The van der Waals surface area contributed by atoms with Crippen LogP contribution in [-0.4, -0.2) is 54.4 Å². The van der Waals surface area contributed by atoms with Gasteiger partial charge >= 0.3 is 0 Å². The lowest BCUT2D eigenvalue weighted by molar-refractivity contribution is -0.136. The zero-order valence-electron chi connectivity index (χ0n) is 17.6. The fourth-order valence-electron chi connectivity index (χ4n) is 4.03. The summed E-state index contributed by atoms with van der Waals surface area (Å²) in [5, 5.41) is 17.7. The molecule has 1 aliphatic heterocycles. The molecule has 2 N–H and O–H groups in total. The van der Waals surface area contributed by atoms with E-state index in [1.165, 1.54) is 17.0 Å². The number of aromatic nitrogens is 4. The van der Waals surface area contributed by atoms with Crippen LogP contribution < -0.4 is 5.56 Å². The first-order valence-corrected chi connectivity index (χ1v) is 10.5. The van der Waals surface area contributed by atoms with Gasteiger partial charge in [0.2, 0.25) is 5.91 Å². The van der Waals surface area contributed by atoms with E-state index < -0.39 is 5.60 Å². The first-order chi connectivity index (χ1) is 14.9. The van der Waals surface area contributed by atoms with Crippen LogP contribution in [0.1, 0.15) is 37.7 Å². The second-order valence-electron chi connectivity index (χ2n) is 8.33. The Hall–Kier alpha value is -3.26. The van der Waals surface area contributed by atoms with Crippen molar-refractivity contribution in [2.75, 3.05) is 13.1 Å². The number of aliphatic hydroxyl groups is 1. The summed E-state index contributed by atoms with van der Waals surface area (Å²) in [5.41, 5.74) is 1.05. The van der Waals surface area contributed by atoms with Gasteiger partial charge in [-0.15, -0.1) is 0 Å². The van der Waals surface area contributed by atoms with Gasteiger partial charge in [-0.1, -0.05) is 37.3 Å². The van der Waals surface area contributed by atoms with Crippen LogP contribution in [0.25, 0.3) is 11.4 Å². The Balaban J connectivity index is 1.34. The Morgan fingerprint density at radius 1 is 1.23 bits per heavy atom. The highest BCUT2D eigenvalue weighted by atomic mass is 16.3. The molecule has 1 atom stereocenters. The summed E-state index contributed by atoms with van der Waals surface area (Å²) in [6.07, 6.45) is 4.34. The maximum Gasteiger partial charge on any atom is 0.254 e. The van der Waals surface area contributed by atoms with Crippen molar-refractivity contribution < 1.29 is 9.90 Å². The minimum atomic E-state index is -1.04. The number of hydrogen-bond donors (Lipinski definition) is 2. The monoisotopic (exact) mass is 421 g/mol. The Morgan fingerprint density at radius 2 is 1.97 bits per heavy atom. The zero-order chi connectivity index (χ0) is 21.8. The van der Waals surface area contributed by atoms with E-state index in [4.69, 9.17) is 0 Å². The number of rotatable bonds is 6. The van der Waals surface area contributed by atoms with Gasteiger partial charge in [-0.25, -0.2) is 4.98 Å². The van der Waals surface area contributed by atoms with Gasteiger partial charge in [0.05, 0.1) is 29.9 Å².